The van der Waals surface area contributed by atoms with Gasteiger partial charge in [0.25, 0.3) is 0 Å². The predicted molar refractivity (Wildman–Crippen MR) is 73.9 cm³/mol. The number of hydrogen-bond donors (Lipinski definition) is 1. The maximum Gasteiger partial charge on any atom is 0.0220 e. The van der Waals surface area contributed by atoms with Gasteiger partial charge in [-0.1, -0.05) is 40.2 Å². The topological polar surface area (TPSA) is 12.0 Å². The summed E-state index contributed by atoms with van der Waals surface area (Å²) in [5.74, 6) is 0. The summed E-state index contributed by atoms with van der Waals surface area (Å²) in [4.78, 5) is 1.44. The second kappa shape index (κ2) is 6.18. The second-order valence-corrected chi connectivity index (χ2v) is 5.48. The fourth-order valence-corrected chi connectivity index (χ4v) is 2.67. The van der Waals surface area contributed by atoms with Crippen LogP contribution in [0.4, 0.5) is 0 Å². The predicted octanol–water partition coefficient (Wildman–Crippen LogP) is 3.84. The first-order valence-corrected chi connectivity index (χ1v) is 7.00. The van der Waals surface area contributed by atoms with Gasteiger partial charge in [-0.15, -0.1) is 11.3 Å². The van der Waals surface area contributed by atoms with E-state index in [1.165, 1.54) is 14.9 Å². The molecular formula is C13H14BrNS. The molecular weight excluding hydrogens is 282 g/mol. The van der Waals surface area contributed by atoms with E-state index >= 15 is 0 Å². The Labute approximate surface area is 109 Å². The van der Waals surface area contributed by atoms with Gasteiger partial charge in [-0.25, -0.2) is 0 Å². The molecule has 0 atom stereocenters. The third-order valence-electron chi connectivity index (χ3n) is 2.40. The number of halogens is 1. The molecule has 0 aliphatic carbocycles. The van der Waals surface area contributed by atoms with Crippen molar-refractivity contribution in [2.24, 2.45) is 0 Å². The van der Waals surface area contributed by atoms with E-state index in [1.54, 1.807) is 0 Å². The summed E-state index contributed by atoms with van der Waals surface area (Å²) in [7, 11) is 0. The summed E-state index contributed by atoms with van der Waals surface area (Å²) in [6.07, 6.45) is 1.11. The molecule has 0 saturated heterocycles. The normalized spacial score (nSPS) is 10.6. The minimum atomic E-state index is 0.923. The highest BCUT2D eigenvalue weighted by molar-refractivity contribution is 9.10. The molecule has 1 heterocycles. The van der Waals surface area contributed by atoms with Crippen molar-refractivity contribution in [3.63, 3.8) is 0 Å². The van der Waals surface area contributed by atoms with Crippen molar-refractivity contribution in [1.82, 2.24) is 5.32 Å². The summed E-state index contributed by atoms with van der Waals surface area (Å²) >= 11 is 5.37. The molecule has 0 aliphatic heterocycles. The average Bonchev–Trinajstić information content (AvgIpc) is 2.79. The van der Waals surface area contributed by atoms with Crippen LogP contribution >= 0.6 is 27.3 Å². The molecule has 0 unspecified atom stereocenters. The number of thiophene rings is 1. The van der Waals surface area contributed by atoms with Crippen molar-refractivity contribution in [2.45, 2.75) is 13.0 Å². The van der Waals surface area contributed by atoms with Gasteiger partial charge in [-0.05, 0) is 29.5 Å². The molecule has 0 aliphatic rings. The third-order valence-corrected chi connectivity index (χ3v) is 4.11. The SMILES string of the molecule is Brc1ccccc1CNCCc1cccs1. The van der Waals surface area contributed by atoms with Crippen LogP contribution in [0.2, 0.25) is 0 Å². The van der Waals surface area contributed by atoms with Crippen LogP contribution in [0, 0.1) is 0 Å². The molecule has 0 bridgehead atoms. The minimum absolute atomic E-state index is 0.923. The van der Waals surface area contributed by atoms with Gasteiger partial charge in [0.05, 0.1) is 0 Å². The van der Waals surface area contributed by atoms with Crippen molar-refractivity contribution >= 4 is 27.3 Å². The Morgan fingerprint density at radius 2 is 2.00 bits per heavy atom. The molecule has 1 N–H and O–H groups in total. The van der Waals surface area contributed by atoms with Crippen LogP contribution in [-0.2, 0) is 13.0 Å². The van der Waals surface area contributed by atoms with Crippen LogP contribution in [0.1, 0.15) is 10.4 Å². The Kier molecular flexibility index (Phi) is 4.57. The number of hydrogen-bond acceptors (Lipinski definition) is 2. The van der Waals surface area contributed by atoms with E-state index in [0.29, 0.717) is 0 Å². The summed E-state index contributed by atoms with van der Waals surface area (Å²) < 4.78 is 1.18. The highest BCUT2D eigenvalue weighted by Crippen LogP contribution is 2.15. The van der Waals surface area contributed by atoms with Crippen LogP contribution < -0.4 is 5.32 Å². The lowest BCUT2D eigenvalue weighted by atomic mass is 10.2. The van der Waals surface area contributed by atoms with E-state index in [4.69, 9.17) is 0 Å². The molecule has 2 aromatic rings. The smallest absolute Gasteiger partial charge is 0.0220 e. The molecule has 2 rings (SSSR count). The first kappa shape index (κ1) is 11.8. The zero-order chi connectivity index (χ0) is 11.2. The average molecular weight is 296 g/mol. The van der Waals surface area contributed by atoms with Crippen LogP contribution in [0.25, 0.3) is 0 Å². The molecule has 84 valence electrons. The second-order valence-electron chi connectivity index (χ2n) is 3.60. The van der Waals surface area contributed by atoms with Gasteiger partial charge >= 0.3 is 0 Å². The van der Waals surface area contributed by atoms with E-state index in [2.05, 4.69) is 57.0 Å². The summed E-state index contributed by atoms with van der Waals surface area (Å²) in [5.41, 5.74) is 1.31. The maximum atomic E-state index is 3.55. The Hall–Kier alpha value is -0.640. The molecule has 3 heteroatoms. The molecule has 0 fully saturated rings. The van der Waals surface area contributed by atoms with Gasteiger partial charge in [-0.2, -0.15) is 0 Å². The first-order chi connectivity index (χ1) is 7.86. The monoisotopic (exact) mass is 295 g/mol. The van der Waals surface area contributed by atoms with Gasteiger partial charge in [0.15, 0.2) is 0 Å². The summed E-state index contributed by atoms with van der Waals surface area (Å²) in [6.45, 7) is 1.95. The fourth-order valence-electron chi connectivity index (χ4n) is 1.53. The standard InChI is InChI=1S/C13H14BrNS/c14-13-6-2-1-4-11(13)10-15-8-7-12-5-3-9-16-12/h1-6,9,15H,7-8,10H2. The molecule has 0 radical (unpaired) electrons. The van der Waals surface area contributed by atoms with Crippen molar-refractivity contribution in [3.05, 3.63) is 56.7 Å². The van der Waals surface area contributed by atoms with Crippen molar-refractivity contribution in [2.75, 3.05) is 6.54 Å². The molecule has 1 aromatic carbocycles. The largest absolute Gasteiger partial charge is 0.312 e. The maximum absolute atomic E-state index is 3.55. The number of benzene rings is 1. The van der Waals surface area contributed by atoms with Gasteiger partial charge < -0.3 is 5.32 Å². The van der Waals surface area contributed by atoms with Crippen molar-refractivity contribution < 1.29 is 0 Å². The first-order valence-electron chi connectivity index (χ1n) is 5.33. The third kappa shape index (κ3) is 3.44. The van der Waals surface area contributed by atoms with Crippen LogP contribution in [0.15, 0.2) is 46.3 Å². The zero-order valence-corrected chi connectivity index (χ0v) is 11.4. The number of nitrogens with one attached hydrogen (secondary N) is 1. The Morgan fingerprint density at radius 1 is 1.12 bits per heavy atom. The molecule has 0 amide bonds. The number of rotatable bonds is 5. The zero-order valence-electron chi connectivity index (χ0n) is 8.95. The van der Waals surface area contributed by atoms with Crippen LogP contribution in [0.5, 0.6) is 0 Å². The minimum Gasteiger partial charge on any atom is -0.312 e. The lowest BCUT2D eigenvalue weighted by Crippen LogP contribution is -2.16. The summed E-state index contributed by atoms with van der Waals surface area (Å²) in [5, 5.41) is 5.59. The van der Waals surface area contributed by atoms with Gasteiger partial charge in [0.1, 0.15) is 0 Å². The van der Waals surface area contributed by atoms with E-state index in [0.717, 1.165) is 19.5 Å². The van der Waals surface area contributed by atoms with Crippen LogP contribution in [-0.4, -0.2) is 6.54 Å². The van der Waals surface area contributed by atoms with Gasteiger partial charge in [0, 0.05) is 22.4 Å². The van der Waals surface area contributed by atoms with Crippen molar-refractivity contribution in [1.29, 1.82) is 0 Å². The lowest BCUT2D eigenvalue weighted by Gasteiger charge is -2.05. The molecule has 0 saturated carbocycles. The molecule has 1 aromatic heterocycles. The molecule has 0 spiro atoms. The quantitative estimate of drug-likeness (QED) is 0.827. The van der Waals surface area contributed by atoms with Gasteiger partial charge in [-0.3, -0.25) is 0 Å². The lowest BCUT2D eigenvalue weighted by molar-refractivity contribution is 0.689. The van der Waals surface area contributed by atoms with Crippen molar-refractivity contribution in [3.8, 4) is 0 Å². The van der Waals surface area contributed by atoms with E-state index in [-0.39, 0.29) is 0 Å². The van der Waals surface area contributed by atoms with E-state index in [1.807, 2.05) is 17.4 Å². The van der Waals surface area contributed by atoms with Crippen LogP contribution in [0.3, 0.4) is 0 Å². The highest BCUT2D eigenvalue weighted by atomic mass is 79.9. The Bertz CT molecular complexity index is 425. The summed E-state index contributed by atoms with van der Waals surface area (Å²) in [6, 6.07) is 12.6. The fraction of sp³-hybridized carbons (Fsp3) is 0.231. The molecule has 1 nitrogen and oxygen atoms in total. The van der Waals surface area contributed by atoms with E-state index in [9.17, 15) is 0 Å². The van der Waals surface area contributed by atoms with Gasteiger partial charge in [0.2, 0.25) is 0 Å². The Morgan fingerprint density at radius 3 is 2.75 bits per heavy atom. The molecule has 16 heavy (non-hydrogen) atoms. The van der Waals surface area contributed by atoms with E-state index < -0.39 is 0 Å². The Balaban J connectivity index is 1.74. The highest BCUT2D eigenvalue weighted by Gasteiger charge is 1.98.